The van der Waals surface area contributed by atoms with E-state index in [1.54, 1.807) is 14.2 Å². The number of rotatable bonds is 2. The molecule has 2 nitrogen and oxygen atoms in total. The molecule has 0 heterocycles. The zero-order chi connectivity index (χ0) is 14.9. The van der Waals surface area contributed by atoms with Crippen LogP contribution in [-0.4, -0.2) is 32.3 Å². The Labute approximate surface area is 255 Å². The molecule has 0 aromatic heterocycles. The van der Waals surface area contributed by atoms with E-state index in [1.807, 2.05) is 0 Å². The summed E-state index contributed by atoms with van der Waals surface area (Å²) in [6.07, 6.45) is 0. The van der Waals surface area contributed by atoms with Crippen molar-refractivity contribution in [3.8, 4) is 0 Å². The van der Waals surface area contributed by atoms with Crippen LogP contribution in [0.1, 0.15) is 14.9 Å². The molecule has 0 aromatic rings. The fourth-order valence-corrected chi connectivity index (χ4v) is 0. The quantitative estimate of drug-likeness (QED) is 0.212. The van der Waals surface area contributed by atoms with Gasteiger partial charge < -0.3 is 8.85 Å². The molecule has 0 saturated carbocycles. The van der Waals surface area contributed by atoms with Crippen molar-refractivity contribution in [2.45, 2.75) is 41.0 Å². The summed E-state index contributed by atoms with van der Waals surface area (Å²) in [5.74, 6) is 0. The monoisotopic (exact) mass is 1120 g/mol. The molecule has 0 N–H and O–H groups in total. The normalized spacial score (nSPS) is 6.95. The van der Waals surface area contributed by atoms with Crippen LogP contribution in [0.25, 0.3) is 0 Å². The summed E-state index contributed by atoms with van der Waals surface area (Å²) in [6.45, 7) is 8.41. The van der Waals surface area contributed by atoms with Crippen molar-refractivity contribution in [3.05, 3.63) is 0 Å². The molecule has 0 rings (SSSR count). The molecule has 129 valence electrons. The largest absolute Gasteiger partial charge is 0 e. The third-order valence-corrected chi connectivity index (χ3v) is 2.45. The fourth-order valence-electron chi connectivity index (χ4n) is 0. The molecule has 0 aliphatic rings. The van der Waals surface area contributed by atoms with Gasteiger partial charge in [-0.05, 0) is 26.2 Å². The molecule has 0 spiro atoms. The molecular formula is C8H26I5O2Si2V2Y2. The van der Waals surface area contributed by atoms with Crippen LogP contribution in [0.4, 0.5) is 0 Å². The van der Waals surface area contributed by atoms with Crippen molar-refractivity contribution in [1.82, 2.24) is 0 Å². The minimum absolute atomic E-state index is 0. The van der Waals surface area contributed by atoms with Gasteiger partial charge in [-0.15, -0.1) is 0 Å². The minimum Gasteiger partial charge on any atom is 0 e. The van der Waals surface area contributed by atoms with Gasteiger partial charge in [-0.1, -0.05) is 14.9 Å². The van der Waals surface area contributed by atoms with Crippen molar-refractivity contribution in [3.63, 3.8) is 0 Å². The van der Waals surface area contributed by atoms with Crippen LogP contribution in [0.3, 0.4) is 0 Å². The van der Waals surface area contributed by atoms with Crippen molar-refractivity contribution in [2.75, 3.05) is 14.2 Å². The van der Waals surface area contributed by atoms with E-state index in [2.05, 4.69) is 126 Å². The maximum absolute atomic E-state index is 4.85. The first-order valence-corrected chi connectivity index (χ1v) is 31.4. The van der Waals surface area contributed by atoms with E-state index in [1.165, 1.54) is 0 Å². The molecule has 0 saturated heterocycles. The topological polar surface area (TPSA) is 18.5 Å². The Morgan fingerprint density at radius 3 is 0.810 bits per heavy atom. The SMILES string of the molecule is C.C.CO[Si](C)C.CO[Si](C)C.[I][V]([I])[I].[I][V][I].[Y].[Y]. The first kappa shape index (κ1) is 51.2. The first-order valence-electron chi connectivity index (χ1n) is 4.07. The molecule has 0 atom stereocenters. The molecule has 0 bridgehead atoms. The van der Waals surface area contributed by atoms with E-state index in [9.17, 15) is 0 Å². The second-order valence-corrected chi connectivity index (χ2v) is 54.1. The van der Waals surface area contributed by atoms with E-state index in [4.69, 9.17) is 8.85 Å². The van der Waals surface area contributed by atoms with Gasteiger partial charge in [0.25, 0.3) is 0 Å². The van der Waals surface area contributed by atoms with Crippen molar-refractivity contribution in [2.24, 2.45) is 0 Å². The Hall–Kier alpha value is 7.38. The van der Waals surface area contributed by atoms with E-state index in [0.29, 0.717) is 9.47 Å². The standard InChI is InChI=1S/2C3H9OSi.2CH4.5HI.2V.2Y/c2*1-4-5(2)3;;;;;;;;;;;/h2*1-3H3;2*1H4;5*1H;;;;/q;;;;;;;;;+2;+3;;/p-5. The summed E-state index contributed by atoms with van der Waals surface area (Å²) in [5.41, 5.74) is 0. The van der Waals surface area contributed by atoms with Crippen LogP contribution >= 0.6 is 99.9 Å². The van der Waals surface area contributed by atoms with Crippen LogP contribution in [0.15, 0.2) is 0 Å². The minimum atomic E-state index is -0.374. The van der Waals surface area contributed by atoms with E-state index in [-0.39, 0.29) is 103 Å². The zero-order valence-corrected chi connectivity index (χ0v) is 33.0. The summed E-state index contributed by atoms with van der Waals surface area (Å²) in [6, 6.07) is 0. The van der Waals surface area contributed by atoms with Crippen LogP contribution in [0.2, 0.25) is 26.2 Å². The maximum atomic E-state index is 4.85. The van der Waals surface area contributed by atoms with Gasteiger partial charge in [-0.25, -0.2) is 0 Å². The summed E-state index contributed by atoms with van der Waals surface area (Å²) in [4.78, 5) is -0.278. The van der Waals surface area contributed by atoms with Gasteiger partial charge in [0.15, 0.2) is 0 Å². The van der Waals surface area contributed by atoms with E-state index in [0.717, 1.165) is 0 Å². The van der Waals surface area contributed by atoms with Gasteiger partial charge in [0.2, 0.25) is 18.1 Å². The molecule has 0 amide bonds. The summed E-state index contributed by atoms with van der Waals surface area (Å²) in [5, 5.41) is 0. The third-order valence-electron chi connectivity index (χ3n) is 0.816. The van der Waals surface area contributed by atoms with Crippen molar-refractivity contribution >= 4 is 118 Å². The molecule has 0 aromatic carbocycles. The summed E-state index contributed by atoms with van der Waals surface area (Å²) >= 11 is 12.1. The molecule has 0 aliphatic carbocycles. The average Bonchev–Trinajstić information content (AvgIpc) is 2.19. The predicted molar refractivity (Wildman–Crippen MR) is 133 cm³/mol. The molecule has 13 heteroatoms. The van der Waals surface area contributed by atoms with Crippen LogP contribution in [0.5, 0.6) is 0 Å². The second kappa shape index (κ2) is 50.7. The predicted octanol–water partition coefficient (Wildman–Crippen LogP) is 7.46. The molecule has 4 radical (unpaired) electrons. The van der Waals surface area contributed by atoms with Gasteiger partial charge in [0.1, 0.15) is 0 Å². The van der Waals surface area contributed by atoms with Gasteiger partial charge in [-0.3, -0.25) is 0 Å². The van der Waals surface area contributed by atoms with Crippen LogP contribution < -0.4 is 0 Å². The smallest absolute Gasteiger partial charge is 0 e. The Balaban J connectivity index is -0.0000000171. The molecule has 0 aliphatic heterocycles. The van der Waals surface area contributed by atoms with Crippen molar-refractivity contribution < 1.29 is 88.7 Å². The van der Waals surface area contributed by atoms with Gasteiger partial charge in [-0.2, -0.15) is 0 Å². The second-order valence-electron chi connectivity index (χ2n) is 2.48. The van der Waals surface area contributed by atoms with Crippen molar-refractivity contribution in [1.29, 1.82) is 0 Å². The molecule has 21 heavy (non-hydrogen) atoms. The maximum Gasteiger partial charge on any atom is 0 e. The summed E-state index contributed by atoms with van der Waals surface area (Å²) < 4.78 is 9.70. The Morgan fingerprint density at radius 2 is 0.810 bits per heavy atom. The first-order chi connectivity index (χ1) is 7.69. The molecular weight excluding hydrogens is 1100 g/mol. The number of hydrogen-bond donors (Lipinski definition) is 0. The van der Waals surface area contributed by atoms with Gasteiger partial charge >= 0.3 is 114 Å². The van der Waals surface area contributed by atoms with E-state index >= 15 is 0 Å². The average molecular weight is 1120 g/mol. The Bertz CT molecular complexity index is 118. The number of halogens is 5. The Kier molecular flexibility index (Phi) is 124. The number of hydrogen-bond acceptors (Lipinski definition) is 2. The molecule has 0 unspecified atom stereocenters. The van der Waals surface area contributed by atoms with Gasteiger partial charge in [0, 0.05) is 79.6 Å². The zero-order valence-electron chi connectivity index (χ0n) is 11.8. The summed E-state index contributed by atoms with van der Waals surface area (Å²) in [7, 11) is 3.37. The Morgan fingerprint density at radius 1 is 0.762 bits per heavy atom. The van der Waals surface area contributed by atoms with Crippen LogP contribution in [0, 0.1) is 0 Å². The van der Waals surface area contributed by atoms with Gasteiger partial charge in [0.05, 0.1) is 0 Å². The fraction of sp³-hybridized carbons (Fsp3) is 1.00. The van der Waals surface area contributed by atoms with Crippen LogP contribution in [-0.2, 0) is 88.7 Å². The third kappa shape index (κ3) is 136. The molecule has 0 fully saturated rings. The van der Waals surface area contributed by atoms with E-state index < -0.39 is 0 Å².